The number of furan rings is 1. The number of hydrogen-bond acceptors (Lipinski definition) is 3. The van der Waals surface area contributed by atoms with Crippen molar-refractivity contribution < 1.29 is 27.1 Å². The zero-order valence-electron chi connectivity index (χ0n) is 18.3. The van der Waals surface area contributed by atoms with Crippen LogP contribution in [0.3, 0.4) is 0 Å². The predicted octanol–water partition coefficient (Wildman–Crippen LogP) is 6.24. The highest BCUT2D eigenvalue weighted by Crippen LogP contribution is 2.37. The van der Waals surface area contributed by atoms with Gasteiger partial charge in [0.2, 0.25) is 0 Å². The number of amides is 1. The zero-order valence-corrected chi connectivity index (χ0v) is 18.3. The van der Waals surface area contributed by atoms with E-state index in [-0.39, 0.29) is 11.7 Å². The number of carbonyl (C=O) groups is 1. The van der Waals surface area contributed by atoms with Gasteiger partial charge in [0.25, 0.3) is 5.91 Å². The van der Waals surface area contributed by atoms with E-state index >= 15 is 0 Å². The average Bonchev–Trinajstić information content (AvgIpc) is 3.33. The first-order valence-corrected chi connectivity index (χ1v) is 11.4. The molecule has 1 aliphatic heterocycles. The van der Waals surface area contributed by atoms with Crippen molar-refractivity contribution in [1.82, 2.24) is 9.47 Å². The van der Waals surface area contributed by atoms with Gasteiger partial charge in [-0.15, -0.1) is 0 Å². The Morgan fingerprint density at radius 2 is 1.72 bits per heavy atom. The van der Waals surface area contributed by atoms with Gasteiger partial charge in [0, 0.05) is 31.1 Å². The molecular weight excluding hydrogens is 421 g/mol. The van der Waals surface area contributed by atoms with Gasteiger partial charge in [0.1, 0.15) is 0 Å². The largest absolute Gasteiger partial charge is 0.449 e. The molecule has 1 aliphatic rings. The summed E-state index contributed by atoms with van der Waals surface area (Å²) in [5.41, 5.74) is 0.951. The fraction of sp³-hybridized carbons (Fsp3) is 0.542. The molecule has 5 nitrogen and oxygen atoms in total. The molecule has 0 spiro atoms. The first-order valence-electron chi connectivity index (χ1n) is 11.4. The van der Waals surface area contributed by atoms with Gasteiger partial charge in [0.05, 0.1) is 29.8 Å². The summed E-state index contributed by atoms with van der Waals surface area (Å²) in [6.45, 7) is 4.71. The number of carbonyl (C=O) groups excluding carboxylic acids is 1. The van der Waals surface area contributed by atoms with Crippen LogP contribution in [0.4, 0.5) is 13.2 Å². The maximum atomic E-state index is 13.3. The molecule has 32 heavy (non-hydrogen) atoms. The molecule has 0 atom stereocenters. The van der Waals surface area contributed by atoms with Crippen LogP contribution in [0.2, 0.25) is 0 Å². The van der Waals surface area contributed by atoms with E-state index in [0.29, 0.717) is 54.9 Å². The Kier molecular flexibility index (Phi) is 6.79. The number of ether oxygens (including phenoxy) is 1. The summed E-state index contributed by atoms with van der Waals surface area (Å²) in [4.78, 5) is 14.6. The van der Waals surface area contributed by atoms with Gasteiger partial charge < -0.3 is 18.6 Å². The number of morpholine rings is 1. The van der Waals surface area contributed by atoms with Gasteiger partial charge >= 0.3 is 6.18 Å². The Hall–Kier alpha value is -2.48. The Balaban J connectivity index is 1.67. The van der Waals surface area contributed by atoms with Crippen LogP contribution in [0.5, 0.6) is 0 Å². The minimum atomic E-state index is -4.41. The lowest BCUT2D eigenvalue weighted by Gasteiger charge is -2.25. The molecule has 0 radical (unpaired) electrons. The van der Waals surface area contributed by atoms with Gasteiger partial charge in [0.15, 0.2) is 11.3 Å². The first kappa shape index (κ1) is 22.7. The Bertz CT molecular complexity index is 1080. The van der Waals surface area contributed by atoms with E-state index in [4.69, 9.17) is 9.15 Å². The second-order valence-corrected chi connectivity index (χ2v) is 8.38. The van der Waals surface area contributed by atoms with Crippen molar-refractivity contribution in [3.05, 3.63) is 35.6 Å². The van der Waals surface area contributed by atoms with E-state index < -0.39 is 11.7 Å². The van der Waals surface area contributed by atoms with Gasteiger partial charge in [-0.05, 0) is 24.6 Å². The van der Waals surface area contributed by atoms with Crippen molar-refractivity contribution in [3.8, 4) is 0 Å². The number of rotatable bonds is 8. The number of hydrogen-bond donors (Lipinski definition) is 0. The molecule has 1 fully saturated rings. The number of nitrogens with zero attached hydrogens (tertiary/aromatic N) is 2. The molecule has 0 bridgehead atoms. The number of benzene rings is 1. The van der Waals surface area contributed by atoms with Crippen LogP contribution in [0, 0.1) is 0 Å². The third-order valence-corrected chi connectivity index (χ3v) is 6.11. The van der Waals surface area contributed by atoms with Gasteiger partial charge in [-0.25, -0.2) is 0 Å². The molecule has 4 rings (SSSR count). The second kappa shape index (κ2) is 9.57. The first-order chi connectivity index (χ1) is 15.4. The molecule has 0 N–H and O–H groups in total. The fourth-order valence-corrected chi connectivity index (χ4v) is 4.35. The number of alkyl halides is 3. The van der Waals surface area contributed by atoms with E-state index in [1.165, 1.54) is 25.0 Å². The van der Waals surface area contributed by atoms with Crippen molar-refractivity contribution in [2.24, 2.45) is 0 Å². The average molecular weight is 451 g/mol. The summed E-state index contributed by atoms with van der Waals surface area (Å²) < 4.78 is 53.1. The van der Waals surface area contributed by atoms with E-state index in [0.717, 1.165) is 31.7 Å². The zero-order chi connectivity index (χ0) is 22.7. The molecule has 1 amide bonds. The summed E-state index contributed by atoms with van der Waals surface area (Å²) in [5.74, 6) is 0.00562. The van der Waals surface area contributed by atoms with Crippen LogP contribution in [0.1, 0.15) is 61.6 Å². The van der Waals surface area contributed by atoms with E-state index in [1.54, 1.807) is 11.0 Å². The number of aryl methyl sites for hydroxylation is 1. The predicted molar refractivity (Wildman–Crippen MR) is 117 cm³/mol. The normalized spacial score (nSPS) is 15.2. The Labute approximate surface area is 185 Å². The number of unbranched alkanes of at least 4 members (excludes halogenated alkanes) is 5. The summed E-state index contributed by atoms with van der Waals surface area (Å²) in [6, 6.07) is 5.39. The highest BCUT2D eigenvalue weighted by atomic mass is 19.4. The lowest BCUT2D eigenvalue weighted by atomic mass is 10.1. The maximum Gasteiger partial charge on any atom is 0.416 e. The molecule has 0 saturated carbocycles. The minimum Gasteiger partial charge on any atom is -0.449 e. The highest BCUT2D eigenvalue weighted by molar-refractivity contribution is 6.07. The molecule has 0 unspecified atom stereocenters. The van der Waals surface area contributed by atoms with Crippen molar-refractivity contribution in [2.75, 3.05) is 26.3 Å². The topological polar surface area (TPSA) is 47.6 Å². The number of fused-ring (bicyclic) bond motifs is 3. The monoisotopic (exact) mass is 450 g/mol. The lowest BCUT2D eigenvalue weighted by Crippen LogP contribution is -2.40. The van der Waals surface area contributed by atoms with Crippen molar-refractivity contribution in [1.29, 1.82) is 0 Å². The Morgan fingerprint density at radius 3 is 2.44 bits per heavy atom. The fourth-order valence-electron chi connectivity index (χ4n) is 4.35. The maximum absolute atomic E-state index is 13.3. The van der Waals surface area contributed by atoms with Crippen molar-refractivity contribution in [3.63, 3.8) is 0 Å². The van der Waals surface area contributed by atoms with Crippen LogP contribution in [-0.4, -0.2) is 41.7 Å². The van der Waals surface area contributed by atoms with Gasteiger partial charge in [-0.2, -0.15) is 13.2 Å². The molecule has 1 saturated heterocycles. The molecule has 1 aromatic carbocycles. The van der Waals surface area contributed by atoms with Gasteiger partial charge in [-0.3, -0.25) is 4.79 Å². The summed E-state index contributed by atoms with van der Waals surface area (Å²) in [7, 11) is 0. The SMILES string of the molecule is CCCCCCCCn1c2cc(C(F)(F)F)ccc2c2oc(C(=O)N3CCOCC3)cc21. The molecule has 2 aromatic heterocycles. The molecule has 8 heteroatoms. The minimum absolute atomic E-state index is 0.212. The Morgan fingerprint density at radius 1 is 1.00 bits per heavy atom. The van der Waals surface area contributed by atoms with E-state index in [1.807, 2.05) is 4.57 Å². The van der Waals surface area contributed by atoms with Crippen LogP contribution in [-0.2, 0) is 17.5 Å². The molecule has 174 valence electrons. The number of halogens is 3. The molecular formula is C24H29F3N2O3. The van der Waals surface area contributed by atoms with E-state index in [9.17, 15) is 18.0 Å². The molecule has 3 aromatic rings. The van der Waals surface area contributed by atoms with Crippen LogP contribution < -0.4 is 0 Å². The van der Waals surface area contributed by atoms with Crippen LogP contribution >= 0.6 is 0 Å². The number of aromatic nitrogens is 1. The van der Waals surface area contributed by atoms with Crippen LogP contribution in [0.25, 0.3) is 22.0 Å². The highest BCUT2D eigenvalue weighted by Gasteiger charge is 2.32. The third kappa shape index (κ3) is 4.65. The lowest BCUT2D eigenvalue weighted by molar-refractivity contribution is -0.137. The van der Waals surface area contributed by atoms with E-state index in [2.05, 4.69) is 6.92 Å². The summed E-state index contributed by atoms with van der Waals surface area (Å²) >= 11 is 0. The standard InChI is InChI=1S/C24H29F3N2O3/c1-2-3-4-5-6-7-10-29-19-15-17(24(25,26)27)8-9-18(19)22-20(29)16-21(32-22)23(30)28-11-13-31-14-12-28/h8-9,15-16H,2-7,10-14H2,1H3. The summed E-state index contributed by atoms with van der Waals surface area (Å²) in [5, 5.41) is 0.597. The quantitative estimate of drug-likeness (QED) is 0.382. The van der Waals surface area contributed by atoms with Crippen molar-refractivity contribution in [2.45, 2.75) is 58.2 Å². The summed E-state index contributed by atoms with van der Waals surface area (Å²) in [6.07, 6.45) is 2.09. The van der Waals surface area contributed by atoms with Crippen molar-refractivity contribution >= 4 is 27.9 Å². The molecule has 3 heterocycles. The van der Waals surface area contributed by atoms with Gasteiger partial charge in [-0.1, -0.05) is 39.0 Å². The molecule has 0 aliphatic carbocycles. The smallest absolute Gasteiger partial charge is 0.416 e. The van der Waals surface area contributed by atoms with Crippen LogP contribution in [0.15, 0.2) is 28.7 Å². The second-order valence-electron chi connectivity index (χ2n) is 8.38. The third-order valence-electron chi connectivity index (χ3n) is 6.11.